The van der Waals surface area contributed by atoms with Crippen LogP contribution in [0.4, 0.5) is 0 Å². The highest BCUT2D eigenvalue weighted by molar-refractivity contribution is 5.75. The fraction of sp³-hybridized carbons (Fsp3) is 0.719. The summed E-state index contributed by atoms with van der Waals surface area (Å²) >= 11 is 0. The minimum absolute atomic E-state index is 0.0844. The summed E-state index contributed by atoms with van der Waals surface area (Å²) in [6, 6.07) is 5.82. The molecule has 0 aliphatic heterocycles. The summed E-state index contributed by atoms with van der Waals surface area (Å²) in [4.78, 5) is 11.8. The Kier molecular flexibility index (Phi) is 22.6. The lowest BCUT2D eigenvalue weighted by Gasteiger charge is -2.36. The number of nitrogens with one attached hydrogen (secondary N) is 1. The molecular formula is C32H61NO4. The number of rotatable bonds is 9. The molecule has 0 aromatic heterocycles. The second kappa shape index (κ2) is 21.1. The molecule has 4 N–H and O–H groups in total. The molecule has 0 bridgehead atoms. The zero-order chi connectivity index (χ0) is 29.8. The van der Waals surface area contributed by atoms with E-state index in [1.807, 2.05) is 39.8 Å². The molecule has 0 aliphatic rings. The van der Waals surface area contributed by atoms with Gasteiger partial charge in [-0.25, -0.2) is 0 Å². The van der Waals surface area contributed by atoms with E-state index in [2.05, 4.69) is 59.9 Å². The number of aliphatic hydroxyl groups excluding tert-OH is 1. The van der Waals surface area contributed by atoms with E-state index in [0.717, 1.165) is 29.5 Å². The minimum Gasteiger partial charge on any atom is -0.508 e. The molecule has 0 saturated heterocycles. The first-order valence-electron chi connectivity index (χ1n) is 14.2. The van der Waals surface area contributed by atoms with Crippen molar-refractivity contribution in [3.8, 4) is 5.75 Å². The lowest BCUT2D eigenvalue weighted by atomic mass is 9.78. The van der Waals surface area contributed by atoms with Crippen molar-refractivity contribution >= 4 is 5.91 Å². The number of phenols is 1. The summed E-state index contributed by atoms with van der Waals surface area (Å²) < 4.78 is 0. The number of aromatic hydroxyl groups is 1. The van der Waals surface area contributed by atoms with Gasteiger partial charge >= 0.3 is 0 Å². The number of benzene rings is 1. The monoisotopic (exact) mass is 523 g/mol. The van der Waals surface area contributed by atoms with Crippen molar-refractivity contribution in [2.75, 3.05) is 0 Å². The third kappa shape index (κ3) is 19.0. The largest absolute Gasteiger partial charge is 0.508 e. The molecule has 5 heteroatoms. The number of carbonyl (C=O) groups excluding carboxylic acids is 1. The van der Waals surface area contributed by atoms with Crippen molar-refractivity contribution in [2.24, 2.45) is 11.3 Å². The van der Waals surface area contributed by atoms with Crippen molar-refractivity contribution in [2.45, 2.75) is 140 Å². The zero-order valence-electron chi connectivity index (χ0n) is 26.5. The van der Waals surface area contributed by atoms with Gasteiger partial charge in [-0.2, -0.15) is 0 Å². The molecule has 5 nitrogen and oxygen atoms in total. The third-order valence-corrected chi connectivity index (χ3v) is 5.70. The van der Waals surface area contributed by atoms with E-state index in [-0.39, 0.29) is 17.2 Å². The lowest BCUT2D eigenvalue weighted by molar-refractivity contribution is -0.120. The van der Waals surface area contributed by atoms with Gasteiger partial charge in [0.2, 0.25) is 5.91 Å². The van der Waals surface area contributed by atoms with Gasteiger partial charge in [0.1, 0.15) is 12.0 Å². The molecular weight excluding hydrogens is 462 g/mol. The van der Waals surface area contributed by atoms with Crippen LogP contribution in [0, 0.1) is 11.3 Å². The Labute approximate surface area is 229 Å². The summed E-state index contributed by atoms with van der Waals surface area (Å²) in [6.07, 6.45) is 8.28. The van der Waals surface area contributed by atoms with E-state index in [1.165, 1.54) is 39.5 Å². The lowest BCUT2D eigenvalue weighted by Crippen LogP contribution is -2.45. The highest BCUT2D eigenvalue weighted by Gasteiger charge is 2.33. The van der Waals surface area contributed by atoms with Crippen LogP contribution in [0.2, 0.25) is 0 Å². The van der Waals surface area contributed by atoms with Crippen molar-refractivity contribution in [1.29, 1.82) is 0 Å². The molecule has 1 atom stereocenters. The highest BCUT2D eigenvalue weighted by atomic mass is 16.5. The minimum atomic E-state index is -1.17. The molecule has 0 radical (unpaired) electrons. The number of aliphatic hydroxyl groups is 2. The molecule has 1 aromatic rings. The number of hydrogen-bond acceptors (Lipinski definition) is 4. The van der Waals surface area contributed by atoms with Gasteiger partial charge in [0.15, 0.2) is 0 Å². The molecule has 1 aromatic carbocycles. The Morgan fingerprint density at radius 3 is 1.76 bits per heavy atom. The number of unbranched alkanes of at least 4 members (excludes halogenated alkanes) is 3. The van der Waals surface area contributed by atoms with Crippen LogP contribution < -0.4 is 5.32 Å². The van der Waals surface area contributed by atoms with E-state index >= 15 is 0 Å². The van der Waals surface area contributed by atoms with E-state index < -0.39 is 11.8 Å². The van der Waals surface area contributed by atoms with Gasteiger partial charge in [-0.05, 0) is 67.7 Å². The SMILES string of the molecule is C/C=C(/C(C)C)[C@@](C)(NC(C)=O)c1ccc(CCC(C)(C)C)c(O)c1.CC.CC(O)O.CCCCCC. The van der Waals surface area contributed by atoms with E-state index in [0.29, 0.717) is 5.75 Å². The molecule has 0 heterocycles. The smallest absolute Gasteiger partial charge is 0.217 e. The van der Waals surface area contributed by atoms with Crippen LogP contribution in [0.5, 0.6) is 5.75 Å². The first-order chi connectivity index (χ1) is 17.0. The number of phenolic OH excluding ortho intramolecular Hbond substituents is 1. The Morgan fingerprint density at radius 1 is 1.00 bits per heavy atom. The standard InChI is InChI=1S/C22H35NO2.C6H14.C2H6O2.C2H6/c1-9-19(15(2)3)22(8,23-16(4)24)18-11-10-17(20(25)14-18)12-13-21(5,6)7;1-3-5-6-4-2;1-2(3)4;1-2/h9-11,14-15,25H,12-13H2,1-8H3,(H,23,24);3-6H2,1-2H3;2-4H,1H3;1-2H3/b19-9-;;;/t22-;;;/m0.../s1. The molecule has 0 unspecified atom stereocenters. The van der Waals surface area contributed by atoms with Crippen LogP contribution in [0.1, 0.15) is 133 Å². The summed E-state index contributed by atoms with van der Waals surface area (Å²) in [6.45, 7) is 26.1. The molecule has 0 aliphatic carbocycles. The van der Waals surface area contributed by atoms with Crippen molar-refractivity contribution in [3.63, 3.8) is 0 Å². The van der Waals surface area contributed by atoms with Crippen molar-refractivity contribution in [1.82, 2.24) is 5.32 Å². The molecule has 1 amide bonds. The van der Waals surface area contributed by atoms with Gasteiger partial charge in [-0.1, -0.05) is 106 Å². The fourth-order valence-electron chi connectivity index (χ4n) is 3.96. The van der Waals surface area contributed by atoms with Crippen LogP contribution in [-0.4, -0.2) is 27.5 Å². The van der Waals surface area contributed by atoms with Gasteiger partial charge in [0.25, 0.3) is 0 Å². The molecule has 0 fully saturated rings. The Balaban J connectivity index is -0.000000804. The molecule has 37 heavy (non-hydrogen) atoms. The Bertz CT molecular complexity index is 741. The Hall–Kier alpha value is -1.85. The van der Waals surface area contributed by atoms with Crippen LogP contribution >= 0.6 is 0 Å². The maximum Gasteiger partial charge on any atom is 0.217 e. The van der Waals surface area contributed by atoms with Gasteiger partial charge in [0, 0.05) is 6.92 Å². The number of aryl methyl sites for hydroxylation is 1. The topological polar surface area (TPSA) is 89.8 Å². The molecule has 0 saturated carbocycles. The first-order valence-corrected chi connectivity index (χ1v) is 14.2. The second-order valence-corrected chi connectivity index (χ2v) is 10.9. The molecule has 1 rings (SSSR count). The summed E-state index contributed by atoms with van der Waals surface area (Å²) in [5, 5.41) is 28.9. The van der Waals surface area contributed by atoms with Gasteiger partial charge < -0.3 is 20.6 Å². The number of allylic oxidation sites excluding steroid dienone is 1. The average molecular weight is 524 g/mol. The van der Waals surface area contributed by atoms with Crippen LogP contribution in [0.15, 0.2) is 29.8 Å². The van der Waals surface area contributed by atoms with Gasteiger partial charge in [0.05, 0.1) is 5.54 Å². The third-order valence-electron chi connectivity index (χ3n) is 5.70. The fourth-order valence-corrected chi connectivity index (χ4v) is 3.96. The summed E-state index contributed by atoms with van der Waals surface area (Å²) in [7, 11) is 0. The van der Waals surface area contributed by atoms with Crippen LogP contribution in [-0.2, 0) is 16.8 Å². The predicted octanol–water partition coefficient (Wildman–Crippen LogP) is 8.25. The highest BCUT2D eigenvalue weighted by Crippen LogP contribution is 2.37. The second-order valence-electron chi connectivity index (χ2n) is 10.9. The van der Waals surface area contributed by atoms with Crippen LogP contribution in [0.25, 0.3) is 0 Å². The molecule has 0 spiro atoms. The van der Waals surface area contributed by atoms with Crippen molar-refractivity contribution in [3.05, 3.63) is 41.0 Å². The normalized spacial score (nSPS) is 12.8. The van der Waals surface area contributed by atoms with E-state index in [4.69, 9.17) is 10.2 Å². The van der Waals surface area contributed by atoms with Crippen molar-refractivity contribution < 1.29 is 20.1 Å². The quantitative estimate of drug-likeness (QED) is 0.149. The van der Waals surface area contributed by atoms with Gasteiger partial charge in [-0.3, -0.25) is 4.79 Å². The van der Waals surface area contributed by atoms with E-state index in [1.54, 1.807) is 6.07 Å². The van der Waals surface area contributed by atoms with Crippen LogP contribution in [0.3, 0.4) is 0 Å². The predicted molar refractivity (Wildman–Crippen MR) is 161 cm³/mol. The summed E-state index contributed by atoms with van der Waals surface area (Å²) in [5.74, 6) is 0.501. The maximum atomic E-state index is 11.8. The first kappa shape index (κ1) is 39.7. The molecule has 218 valence electrons. The summed E-state index contributed by atoms with van der Waals surface area (Å²) in [5.41, 5.74) is 2.59. The number of amides is 1. The maximum absolute atomic E-state index is 11.8. The van der Waals surface area contributed by atoms with E-state index in [9.17, 15) is 9.90 Å². The number of hydrogen-bond donors (Lipinski definition) is 4. The Morgan fingerprint density at radius 2 is 1.46 bits per heavy atom. The number of carbonyl (C=O) groups is 1. The van der Waals surface area contributed by atoms with Gasteiger partial charge in [-0.15, -0.1) is 0 Å². The average Bonchev–Trinajstić information content (AvgIpc) is 2.77. The zero-order valence-corrected chi connectivity index (χ0v) is 26.5.